The quantitative estimate of drug-likeness (QED) is 0.682. The number of fused-ring (bicyclic) bond motifs is 1. The molecule has 3 amide bonds. The summed E-state index contributed by atoms with van der Waals surface area (Å²) in [6, 6.07) is 2.96. The van der Waals surface area contributed by atoms with Crippen LogP contribution in [0.15, 0.2) is 18.2 Å². The van der Waals surface area contributed by atoms with Crippen LogP contribution in [0.3, 0.4) is 0 Å². The SMILES string of the molecule is CC(C)[C@@]1(C(=O)N2Cc3cc(C(F)(F)F)ccc3N(C(N)=O)C2)CC[C@H](NC2CCOCC2)C1. The number of ether oxygens (including phenoxy) is 1. The summed E-state index contributed by atoms with van der Waals surface area (Å²) >= 11 is 0. The van der Waals surface area contributed by atoms with Gasteiger partial charge in [-0.1, -0.05) is 13.8 Å². The lowest BCUT2D eigenvalue weighted by Gasteiger charge is -2.42. The Hall–Kier alpha value is -2.33. The molecule has 0 spiro atoms. The van der Waals surface area contributed by atoms with E-state index in [-0.39, 0.29) is 36.6 Å². The number of anilines is 1. The number of rotatable bonds is 4. The van der Waals surface area contributed by atoms with Gasteiger partial charge in [-0.2, -0.15) is 13.2 Å². The molecule has 0 radical (unpaired) electrons. The molecule has 188 valence electrons. The first kappa shape index (κ1) is 24.8. The van der Waals surface area contributed by atoms with Gasteiger partial charge in [-0.25, -0.2) is 4.79 Å². The molecule has 7 nitrogen and oxygen atoms in total. The van der Waals surface area contributed by atoms with Crippen LogP contribution in [0.2, 0.25) is 0 Å². The van der Waals surface area contributed by atoms with Crippen molar-refractivity contribution in [2.75, 3.05) is 24.8 Å². The van der Waals surface area contributed by atoms with Gasteiger partial charge < -0.3 is 20.7 Å². The van der Waals surface area contributed by atoms with Gasteiger partial charge in [0.15, 0.2) is 0 Å². The van der Waals surface area contributed by atoms with E-state index in [9.17, 15) is 22.8 Å². The number of carbonyl (C=O) groups excluding carboxylic acids is 2. The van der Waals surface area contributed by atoms with Crippen LogP contribution in [-0.4, -0.2) is 48.8 Å². The minimum absolute atomic E-state index is 0.00833. The number of benzene rings is 1. The molecule has 3 N–H and O–H groups in total. The van der Waals surface area contributed by atoms with E-state index in [1.807, 2.05) is 13.8 Å². The van der Waals surface area contributed by atoms with Crippen molar-refractivity contribution in [3.63, 3.8) is 0 Å². The third-order valence-electron chi connectivity index (χ3n) is 7.70. The van der Waals surface area contributed by atoms with E-state index in [0.717, 1.165) is 44.6 Å². The predicted octanol–water partition coefficient (Wildman–Crippen LogP) is 3.85. The number of amides is 3. The Labute approximate surface area is 197 Å². The molecule has 1 saturated heterocycles. The number of hydrogen-bond acceptors (Lipinski definition) is 4. The van der Waals surface area contributed by atoms with Crippen molar-refractivity contribution < 1.29 is 27.5 Å². The van der Waals surface area contributed by atoms with Crippen molar-refractivity contribution in [1.82, 2.24) is 10.2 Å². The van der Waals surface area contributed by atoms with Gasteiger partial charge in [0.1, 0.15) is 6.67 Å². The fraction of sp³-hybridized carbons (Fsp3) is 0.667. The van der Waals surface area contributed by atoms with Gasteiger partial charge in [-0.15, -0.1) is 0 Å². The van der Waals surface area contributed by atoms with Crippen molar-refractivity contribution in [3.05, 3.63) is 29.3 Å². The normalized spacial score (nSPS) is 26.1. The zero-order valence-corrected chi connectivity index (χ0v) is 19.7. The molecule has 1 aromatic rings. The van der Waals surface area contributed by atoms with E-state index < -0.39 is 23.2 Å². The fourth-order valence-electron chi connectivity index (χ4n) is 5.67. The average Bonchev–Trinajstić information content (AvgIpc) is 3.22. The van der Waals surface area contributed by atoms with E-state index in [1.54, 1.807) is 0 Å². The van der Waals surface area contributed by atoms with Gasteiger partial charge in [0.25, 0.3) is 0 Å². The van der Waals surface area contributed by atoms with E-state index >= 15 is 0 Å². The molecule has 1 saturated carbocycles. The maximum atomic E-state index is 13.9. The zero-order chi connectivity index (χ0) is 24.7. The van der Waals surface area contributed by atoms with Gasteiger partial charge in [0, 0.05) is 31.8 Å². The standard InChI is InChI=1S/C24H33F3N4O3/c1-15(2)23(8-5-19(12-23)29-18-6-9-34-10-7-18)21(32)30-13-16-11-17(24(25,26)27)3-4-20(16)31(14-30)22(28)33/h3-4,11,15,18-19,29H,5-10,12-14H2,1-2H3,(H2,28,33)/t19-,23+/m0/s1. The Balaban J connectivity index is 1.57. The second-order valence-corrected chi connectivity index (χ2v) is 10.1. The highest BCUT2D eigenvalue weighted by Crippen LogP contribution is 2.47. The highest BCUT2D eigenvalue weighted by Gasteiger charge is 2.50. The number of urea groups is 1. The summed E-state index contributed by atoms with van der Waals surface area (Å²) in [5.74, 6) is -0.0977. The predicted molar refractivity (Wildman–Crippen MR) is 121 cm³/mol. The van der Waals surface area contributed by atoms with Crippen LogP contribution in [0.5, 0.6) is 0 Å². The van der Waals surface area contributed by atoms with E-state index in [0.29, 0.717) is 24.6 Å². The van der Waals surface area contributed by atoms with Crippen LogP contribution in [0.4, 0.5) is 23.7 Å². The highest BCUT2D eigenvalue weighted by molar-refractivity contribution is 5.94. The molecule has 0 unspecified atom stereocenters. The molecule has 10 heteroatoms. The van der Waals surface area contributed by atoms with Gasteiger partial charge in [-0.3, -0.25) is 9.69 Å². The lowest BCUT2D eigenvalue weighted by Crippen LogP contribution is -2.54. The minimum Gasteiger partial charge on any atom is -0.381 e. The summed E-state index contributed by atoms with van der Waals surface area (Å²) in [6.45, 7) is 5.43. The fourth-order valence-corrected chi connectivity index (χ4v) is 5.67. The van der Waals surface area contributed by atoms with Gasteiger partial charge in [0.2, 0.25) is 5.91 Å². The summed E-state index contributed by atoms with van der Waals surface area (Å²) in [6.07, 6.45) is -0.444. The number of halogens is 3. The number of primary amides is 1. The Morgan fingerprint density at radius 1 is 1.18 bits per heavy atom. The first-order valence-electron chi connectivity index (χ1n) is 11.9. The molecule has 34 heavy (non-hydrogen) atoms. The number of carbonyl (C=O) groups is 2. The minimum atomic E-state index is -4.52. The molecule has 2 atom stereocenters. The number of nitrogens with two attached hydrogens (primary N) is 1. The Morgan fingerprint density at radius 2 is 1.88 bits per heavy atom. The van der Waals surface area contributed by atoms with Crippen molar-refractivity contribution >= 4 is 17.6 Å². The van der Waals surface area contributed by atoms with Gasteiger partial charge in [-0.05, 0) is 61.8 Å². The number of nitrogens with one attached hydrogen (secondary N) is 1. The summed E-state index contributed by atoms with van der Waals surface area (Å²) in [7, 11) is 0. The molecule has 0 bridgehead atoms. The second-order valence-electron chi connectivity index (χ2n) is 10.1. The van der Waals surface area contributed by atoms with Crippen molar-refractivity contribution in [3.8, 4) is 0 Å². The summed E-state index contributed by atoms with van der Waals surface area (Å²) in [5, 5.41) is 3.69. The van der Waals surface area contributed by atoms with Crippen molar-refractivity contribution in [2.45, 2.75) is 70.8 Å². The number of hydrogen-bond donors (Lipinski definition) is 2. The number of alkyl halides is 3. The monoisotopic (exact) mass is 482 g/mol. The molecule has 0 aromatic heterocycles. The smallest absolute Gasteiger partial charge is 0.381 e. The van der Waals surface area contributed by atoms with E-state index in [2.05, 4.69) is 5.32 Å². The molecule has 2 fully saturated rings. The topological polar surface area (TPSA) is 87.9 Å². The third kappa shape index (κ3) is 4.75. The second kappa shape index (κ2) is 9.37. The summed E-state index contributed by atoms with van der Waals surface area (Å²) < 4.78 is 45.4. The van der Waals surface area contributed by atoms with Gasteiger partial charge in [0.05, 0.1) is 16.7 Å². The molecule has 1 aliphatic carbocycles. The lowest BCUT2D eigenvalue weighted by molar-refractivity contribution is -0.145. The zero-order valence-electron chi connectivity index (χ0n) is 19.7. The van der Waals surface area contributed by atoms with Crippen LogP contribution in [0.25, 0.3) is 0 Å². The lowest BCUT2D eigenvalue weighted by atomic mass is 9.74. The van der Waals surface area contributed by atoms with Crippen LogP contribution >= 0.6 is 0 Å². The van der Waals surface area contributed by atoms with Crippen LogP contribution in [0.1, 0.15) is 57.1 Å². The van der Waals surface area contributed by atoms with E-state index in [4.69, 9.17) is 10.5 Å². The maximum Gasteiger partial charge on any atom is 0.416 e. The Kier molecular flexibility index (Phi) is 6.83. The first-order chi connectivity index (χ1) is 16.0. The Bertz CT molecular complexity index is 933. The molecular weight excluding hydrogens is 449 g/mol. The maximum absolute atomic E-state index is 13.9. The number of nitrogens with zero attached hydrogens (tertiary/aromatic N) is 2. The largest absolute Gasteiger partial charge is 0.416 e. The van der Waals surface area contributed by atoms with Crippen molar-refractivity contribution in [2.24, 2.45) is 17.1 Å². The molecular formula is C24H33F3N4O3. The van der Waals surface area contributed by atoms with Crippen LogP contribution < -0.4 is 16.0 Å². The van der Waals surface area contributed by atoms with E-state index in [1.165, 1.54) is 15.9 Å². The molecule has 2 heterocycles. The molecule has 2 aliphatic heterocycles. The van der Waals surface area contributed by atoms with Crippen molar-refractivity contribution in [1.29, 1.82) is 0 Å². The van der Waals surface area contributed by atoms with Crippen LogP contribution in [-0.2, 0) is 22.3 Å². The summed E-state index contributed by atoms with van der Waals surface area (Å²) in [5.41, 5.74) is 4.66. The molecule has 4 rings (SSSR count). The summed E-state index contributed by atoms with van der Waals surface area (Å²) in [4.78, 5) is 28.8. The first-order valence-corrected chi connectivity index (χ1v) is 11.9. The third-order valence-corrected chi connectivity index (χ3v) is 7.70. The molecule has 3 aliphatic rings. The van der Waals surface area contributed by atoms with Crippen LogP contribution in [0, 0.1) is 11.3 Å². The average molecular weight is 483 g/mol. The highest BCUT2D eigenvalue weighted by atomic mass is 19.4. The molecule has 1 aromatic carbocycles. The van der Waals surface area contributed by atoms with Gasteiger partial charge >= 0.3 is 12.2 Å². The Morgan fingerprint density at radius 3 is 2.50 bits per heavy atom.